The lowest BCUT2D eigenvalue weighted by molar-refractivity contribution is -0.123. The minimum absolute atomic E-state index is 0.102. The van der Waals surface area contributed by atoms with Crippen molar-refractivity contribution >= 4 is 33.2 Å². The van der Waals surface area contributed by atoms with Gasteiger partial charge in [0.25, 0.3) is 5.91 Å². The molecule has 3 rings (SSSR count). The largest absolute Gasteiger partial charge is 0.497 e. The van der Waals surface area contributed by atoms with Crippen molar-refractivity contribution in [3.63, 3.8) is 0 Å². The minimum Gasteiger partial charge on any atom is -0.497 e. The SMILES string of the molecule is COc1ccc(C(C)NC(=O)COc2ccc(N(Cc3ccccc3Cl)S(C)(=O)=O)cc2)cc1. The van der Waals surface area contributed by atoms with Crippen molar-refractivity contribution in [1.82, 2.24) is 5.32 Å². The smallest absolute Gasteiger partial charge is 0.258 e. The summed E-state index contributed by atoms with van der Waals surface area (Å²) in [7, 11) is -1.96. The Hall–Kier alpha value is -3.23. The Morgan fingerprint density at radius 3 is 2.21 bits per heavy atom. The summed E-state index contributed by atoms with van der Waals surface area (Å²) in [5.41, 5.74) is 2.10. The van der Waals surface area contributed by atoms with Gasteiger partial charge in [-0.05, 0) is 60.5 Å². The first kappa shape index (κ1) is 25.4. The Labute approximate surface area is 205 Å². The number of halogens is 1. The van der Waals surface area contributed by atoms with Crippen molar-refractivity contribution in [1.29, 1.82) is 0 Å². The third-order valence-corrected chi connectivity index (χ3v) is 6.67. The normalized spacial score (nSPS) is 12.0. The van der Waals surface area contributed by atoms with E-state index >= 15 is 0 Å². The fraction of sp³-hybridized carbons (Fsp3) is 0.240. The number of sulfonamides is 1. The Balaban J connectivity index is 1.60. The maximum absolute atomic E-state index is 12.4. The number of carbonyl (C=O) groups excluding carboxylic acids is 1. The number of nitrogens with zero attached hydrogens (tertiary/aromatic N) is 1. The molecule has 0 saturated carbocycles. The zero-order valence-corrected chi connectivity index (χ0v) is 20.8. The highest BCUT2D eigenvalue weighted by Crippen LogP contribution is 2.26. The van der Waals surface area contributed by atoms with E-state index in [2.05, 4.69) is 5.32 Å². The quantitative estimate of drug-likeness (QED) is 0.439. The van der Waals surface area contributed by atoms with Crippen molar-refractivity contribution in [2.45, 2.75) is 19.5 Å². The molecule has 0 bridgehead atoms. The molecule has 3 aromatic rings. The van der Waals surface area contributed by atoms with Crippen molar-refractivity contribution in [3.05, 3.63) is 88.9 Å². The standard InChI is InChI=1S/C25H27ClN2O5S/c1-18(19-8-12-22(32-2)13-9-19)27-25(29)17-33-23-14-10-21(11-15-23)28(34(3,30)31)16-20-6-4-5-7-24(20)26/h4-15,18H,16-17H2,1-3H3,(H,27,29). The second-order valence-corrected chi connectivity index (χ2v) is 10.0. The van der Waals surface area contributed by atoms with Crippen LogP contribution in [0.2, 0.25) is 5.02 Å². The molecule has 34 heavy (non-hydrogen) atoms. The Bertz CT molecular complexity index is 1210. The maximum Gasteiger partial charge on any atom is 0.258 e. The summed E-state index contributed by atoms with van der Waals surface area (Å²) in [6.07, 6.45) is 1.14. The highest BCUT2D eigenvalue weighted by atomic mass is 35.5. The summed E-state index contributed by atoms with van der Waals surface area (Å²) >= 11 is 6.21. The number of nitrogens with one attached hydrogen (secondary N) is 1. The molecule has 0 radical (unpaired) electrons. The fourth-order valence-corrected chi connectivity index (χ4v) is 4.37. The third-order valence-electron chi connectivity index (χ3n) is 5.16. The van der Waals surface area contributed by atoms with Crippen molar-refractivity contribution in [2.24, 2.45) is 0 Å². The zero-order chi connectivity index (χ0) is 24.7. The number of hydrogen-bond acceptors (Lipinski definition) is 5. The maximum atomic E-state index is 12.4. The number of anilines is 1. The number of ether oxygens (including phenoxy) is 2. The molecule has 7 nitrogen and oxygen atoms in total. The summed E-state index contributed by atoms with van der Waals surface area (Å²) in [6, 6.07) is 20.9. The minimum atomic E-state index is -3.55. The van der Waals surface area contributed by atoms with Crippen LogP contribution in [0.25, 0.3) is 0 Å². The summed E-state index contributed by atoms with van der Waals surface area (Å²) < 4.78 is 36.8. The number of rotatable bonds is 10. The molecule has 180 valence electrons. The van der Waals surface area contributed by atoms with Gasteiger partial charge in [-0.25, -0.2) is 8.42 Å². The number of methoxy groups -OCH3 is 1. The number of benzene rings is 3. The molecule has 0 aliphatic heterocycles. The molecule has 1 unspecified atom stereocenters. The van der Waals surface area contributed by atoms with Crippen LogP contribution in [0.4, 0.5) is 5.69 Å². The fourth-order valence-electron chi connectivity index (χ4n) is 3.30. The van der Waals surface area contributed by atoms with Gasteiger partial charge in [-0.2, -0.15) is 0 Å². The molecule has 0 spiro atoms. The van der Waals surface area contributed by atoms with Gasteiger partial charge in [0.05, 0.1) is 31.6 Å². The molecular formula is C25H27ClN2O5S. The molecule has 3 aromatic carbocycles. The van der Waals surface area contributed by atoms with Crippen LogP contribution in [0.3, 0.4) is 0 Å². The Morgan fingerprint density at radius 1 is 1.00 bits per heavy atom. The molecule has 0 aliphatic rings. The Morgan fingerprint density at radius 2 is 1.62 bits per heavy atom. The van der Waals surface area contributed by atoms with Crippen LogP contribution >= 0.6 is 11.6 Å². The van der Waals surface area contributed by atoms with E-state index in [0.29, 0.717) is 22.0 Å². The molecule has 0 fully saturated rings. The lowest BCUT2D eigenvalue weighted by Gasteiger charge is -2.23. The molecular weight excluding hydrogens is 476 g/mol. The first-order valence-corrected chi connectivity index (χ1v) is 12.8. The zero-order valence-electron chi connectivity index (χ0n) is 19.2. The van der Waals surface area contributed by atoms with E-state index < -0.39 is 10.0 Å². The lowest BCUT2D eigenvalue weighted by atomic mass is 10.1. The van der Waals surface area contributed by atoms with Gasteiger partial charge in [0.2, 0.25) is 10.0 Å². The molecule has 1 atom stereocenters. The van der Waals surface area contributed by atoms with Gasteiger partial charge in [0.15, 0.2) is 6.61 Å². The predicted molar refractivity (Wildman–Crippen MR) is 134 cm³/mol. The monoisotopic (exact) mass is 502 g/mol. The van der Waals surface area contributed by atoms with Crippen LogP contribution in [-0.4, -0.2) is 34.3 Å². The van der Waals surface area contributed by atoms with E-state index in [0.717, 1.165) is 17.6 Å². The third kappa shape index (κ3) is 6.88. The summed E-state index contributed by atoms with van der Waals surface area (Å²) in [5, 5.41) is 3.37. The van der Waals surface area contributed by atoms with Gasteiger partial charge < -0.3 is 14.8 Å². The number of amides is 1. The van der Waals surface area contributed by atoms with E-state index in [4.69, 9.17) is 21.1 Å². The van der Waals surface area contributed by atoms with Gasteiger partial charge in [-0.15, -0.1) is 0 Å². The Kier molecular flexibility index (Phi) is 8.41. The highest BCUT2D eigenvalue weighted by Gasteiger charge is 2.19. The van der Waals surface area contributed by atoms with E-state index in [9.17, 15) is 13.2 Å². The summed E-state index contributed by atoms with van der Waals surface area (Å²) in [6.45, 7) is 1.81. The van der Waals surface area contributed by atoms with Crippen LogP contribution < -0.4 is 19.1 Å². The van der Waals surface area contributed by atoms with Crippen LogP contribution in [0.15, 0.2) is 72.8 Å². The highest BCUT2D eigenvalue weighted by molar-refractivity contribution is 7.92. The number of carbonyl (C=O) groups is 1. The van der Waals surface area contributed by atoms with Gasteiger partial charge >= 0.3 is 0 Å². The molecule has 0 aliphatic carbocycles. The van der Waals surface area contributed by atoms with E-state index in [1.165, 1.54) is 4.31 Å². The van der Waals surface area contributed by atoms with Crippen LogP contribution in [0, 0.1) is 0 Å². The molecule has 0 saturated heterocycles. The molecule has 1 amide bonds. The molecule has 0 aromatic heterocycles. The first-order valence-electron chi connectivity index (χ1n) is 10.5. The topological polar surface area (TPSA) is 84.9 Å². The number of hydrogen-bond donors (Lipinski definition) is 1. The average molecular weight is 503 g/mol. The molecule has 1 N–H and O–H groups in total. The van der Waals surface area contributed by atoms with E-state index in [1.54, 1.807) is 55.6 Å². The van der Waals surface area contributed by atoms with Crippen molar-refractivity contribution < 1.29 is 22.7 Å². The van der Waals surface area contributed by atoms with Gasteiger partial charge in [0, 0.05) is 5.02 Å². The van der Waals surface area contributed by atoms with E-state index in [-0.39, 0.29) is 25.1 Å². The van der Waals surface area contributed by atoms with Gasteiger partial charge in [-0.3, -0.25) is 9.10 Å². The van der Waals surface area contributed by atoms with Crippen LogP contribution in [0.5, 0.6) is 11.5 Å². The van der Waals surface area contributed by atoms with Crippen molar-refractivity contribution in [3.8, 4) is 11.5 Å². The molecule has 0 heterocycles. The molecule has 9 heteroatoms. The van der Waals surface area contributed by atoms with Gasteiger partial charge in [0.1, 0.15) is 11.5 Å². The van der Waals surface area contributed by atoms with Gasteiger partial charge in [-0.1, -0.05) is 41.9 Å². The van der Waals surface area contributed by atoms with Crippen LogP contribution in [-0.2, 0) is 21.4 Å². The average Bonchev–Trinajstić information content (AvgIpc) is 2.82. The van der Waals surface area contributed by atoms with Crippen LogP contribution in [0.1, 0.15) is 24.1 Å². The first-order chi connectivity index (χ1) is 16.2. The summed E-state index contributed by atoms with van der Waals surface area (Å²) in [5.74, 6) is 0.918. The van der Waals surface area contributed by atoms with Crippen molar-refractivity contribution in [2.75, 3.05) is 24.3 Å². The second kappa shape index (κ2) is 11.3. The summed E-state index contributed by atoms with van der Waals surface area (Å²) in [4.78, 5) is 12.3. The lowest BCUT2D eigenvalue weighted by Crippen LogP contribution is -2.31. The van der Waals surface area contributed by atoms with E-state index in [1.807, 2.05) is 31.2 Å². The second-order valence-electron chi connectivity index (χ2n) is 7.71. The predicted octanol–water partition coefficient (Wildman–Crippen LogP) is 4.57.